The molecule has 1 amide bonds. The van der Waals surface area contributed by atoms with Gasteiger partial charge in [-0.3, -0.25) is 9.59 Å². The van der Waals surface area contributed by atoms with Gasteiger partial charge < -0.3 is 15.0 Å². The van der Waals surface area contributed by atoms with E-state index in [1.807, 2.05) is 0 Å². The summed E-state index contributed by atoms with van der Waals surface area (Å²) in [4.78, 5) is 24.3. The van der Waals surface area contributed by atoms with Gasteiger partial charge in [-0.1, -0.05) is 23.7 Å². The zero-order valence-electron chi connectivity index (χ0n) is 15.2. The van der Waals surface area contributed by atoms with Crippen LogP contribution in [0.1, 0.15) is 30.0 Å². The largest absolute Gasteiger partial charge is 0.503 e. The summed E-state index contributed by atoms with van der Waals surface area (Å²) in [5.41, 5.74) is -0.643. The molecule has 1 heterocycles. The molecular weight excluding hydrogens is 392 g/mol. The van der Waals surface area contributed by atoms with Crippen molar-refractivity contribution in [3.05, 3.63) is 57.0 Å². The molecule has 7 nitrogen and oxygen atoms in total. The number of amides is 1. The number of hydrogen-bond acceptors (Lipinski definition) is 5. The van der Waals surface area contributed by atoms with Crippen LogP contribution in [0.25, 0.3) is 0 Å². The molecule has 0 atom stereocenters. The van der Waals surface area contributed by atoms with Crippen LogP contribution in [0, 0.1) is 0 Å². The Labute approximate surface area is 162 Å². The summed E-state index contributed by atoms with van der Waals surface area (Å²) in [6.45, 7) is 3.49. The molecule has 2 N–H and O–H groups in total. The lowest BCUT2D eigenvalue weighted by Crippen LogP contribution is -2.34. The van der Waals surface area contributed by atoms with E-state index in [1.165, 1.54) is 23.7 Å². The second kappa shape index (κ2) is 8.14. The van der Waals surface area contributed by atoms with Crippen LogP contribution in [0.15, 0.2) is 40.0 Å². The van der Waals surface area contributed by atoms with Crippen LogP contribution < -0.4 is 10.7 Å². The second-order valence-corrected chi connectivity index (χ2v) is 8.87. The number of carbonyl (C=O) groups excluding carboxylic acids is 1. The Morgan fingerprint density at radius 2 is 1.93 bits per heavy atom. The number of aryl methyl sites for hydroxylation is 1. The minimum absolute atomic E-state index is 0.00761. The van der Waals surface area contributed by atoms with E-state index in [9.17, 15) is 23.1 Å². The van der Waals surface area contributed by atoms with Gasteiger partial charge in [0.1, 0.15) is 0 Å². The van der Waals surface area contributed by atoms with Crippen LogP contribution in [-0.4, -0.2) is 35.8 Å². The smallest absolute Gasteiger partial charge is 0.272 e. The molecule has 9 heteroatoms. The third-order valence-corrected chi connectivity index (χ3v) is 6.16. The highest BCUT2D eigenvalue weighted by Gasteiger charge is 2.22. The Morgan fingerprint density at radius 1 is 1.30 bits per heavy atom. The van der Waals surface area contributed by atoms with Gasteiger partial charge in [-0.2, -0.15) is 0 Å². The highest BCUT2D eigenvalue weighted by Crippen LogP contribution is 2.23. The summed E-state index contributed by atoms with van der Waals surface area (Å²) in [5, 5.41) is 12.7. The molecule has 146 valence electrons. The number of nitrogens with one attached hydrogen (secondary N) is 1. The number of aromatic nitrogens is 1. The Hall–Kier alpha value is -2.32. The van der Waals surface area contributed by atoms with Gasteiger partial charge in [-0.25, -0.2) is 8.42 Å². The molecule has 0 aliphatic heterocycles. The molecule has 1 aromatic carbocycles. The summed E-state index contributed by atoms with van der Waals surface area (Å²) in [6.07, 6.45) is -0.0263. The molecule has 1 aromatic heterocycles. The Kier molecular flexibility index (Phi) is 6.33. The predicted octanol–water partition coefficient (Wildman–Crippen LogP) is 1.90. The maximum atomic E-state index is 12.6. The lowest BCUT2D eigenvalue weighted by atomic mass is 10.2. The molecule has 0 saturated heterocycles. The Bertz CT molecular complexity index is 1030. The average molecular weight is 413 g/mol. The van der Waals surface area contributed by atoms with Crippen LogP contribution in [0.4, 0.5) is 0 Å². The van der Waals surface area contributed by atoms with Crippen molar-refractivity contribution in [3.8, 4) is 5.75 Å². The van der Waals surface area contributed by atoms with E-state index in [0.717, 1.165) is 6.07 Å². The lowest BCUT2D eigenvalue weighted by Gasteiger charge is -2.17. The lowest BCUT2D eigenvalue weighted by molar-refractivity contribution is 0.0930. The number of halogens is 1. The molecule has 0 radical (unpaired) electrons. The summed E-state index contributed by atoms with van der Waals surface area (Å²) in [7, 11) is -2.20. The molecule has 27 heavy (non-hydrogen) atoms. The van der Waals surface area contributed by atoms with Crippen molar-refractivity contribution >= 4 is 27.3 Å². The fourth-order valence-electron chi connectivity index (χ4n) is 2.61. The average Bonchev–Trinajstić information content (AvgIpc) is 2.56. The van der Waals surface area contributed by atoms with Gasteiger partial charge in [0.05, 0.1) is 15.7 Å². The summed E-state index contributed by atoms with van der Waals surface area (Å²) in [6, 6.07) is 7.03. The van der Waals surface area contributed by atoms with E-state index >= 15 is 0 Å². The second-order valence-electron chi connectivity index (χ2n) is 6.38. The highest BCUT2D eigenvalue weighted by molar-refractivity contribution is 7.91. The normalized spacial score (nSPS) is 11.6. The van der Waals surface area contributed by atoms with Crippen molar-refractivity contribution in [2.45, 2.75) is 31.2 Å². The van der Waals surface area contributed by atoms with Crippen LogP contribution in [-0.2, 0) is 23.3 Å². The highest BCUT2D eigenvalue weighted by atomic mass is 35.5. The molecule has 0 aliphatic carbocycles. The number of hydrogen-bond donors (Lipinski definition) is 2. The number of benzene rings is 1. The van der Waals surface area contributed by atoms with Crippen molar-refractivity contribution in [1.29, 1.82) is 0 Å². The summed E-state index contributed by atoms with van der Waals surface area (Å²) < 4.78 is 26.4. The van der Waals surface area contributed by atoms with Crippen LogP contribution in [0.3, 0.4) is 0 Å². The predicted molar refractivity (Wildman–Crippen MR) is 103 cm³/mol. The van der Waals surface area contributed by atoms with Crippen LogP contribution in [0.2, 0.25) is 5.02 Å². The van der Waals surface area contributed by atoms with Gasteiger partial charge in [0, 0.05) is 31.3 Å². The monoisotopic (exact) mass is 412 g/mol. The van der Waals surface area contributed by atoms with E-state index in [2.05, 4.69) is 5.32 Å². The molecule has 2 aromatic rings. The van der Waals surface area contributed by atoms with Crippen molar-refractivity contribution in [1.82, 2.24) is 9.88 Å². The fraction of sp³-hybridized carbons (Fsp3) is 0.333. The Morgan fingerprint density at radius 3 is 2.52 bits per heavy atom. The molecule has 0 unspecified atom stereocenters. The Balaban J connectivity index is 2.38. The van der Waals surface area contributed by atoms with Gasteiger partial charge in [-0.15, -0.1) is 0 Å². The molecule has 0 fully saturated rings. The number of sulfone groups is 1. The SMILES string of the molecule is CC(C)NC(=O)c1c(O)c(=O)cc(CCS(=O)(=O)c2ccccc2Cl)n1C. The number of carbonyl (C=O) groups is 1. The van der Waals surface area contributed by atoms with Crippen molar-refractivity contribution in [2.75, 3.05) is 5.75 Å². The van der Waals surface area contributed by atoms with Gasteiger partial charge in [0.15, 0.2) is 21.3 Å². The van der Waals surface area contributed by atoms with Gasteiger partial charge in [0.25, 0.3) is 5.91 Å². The van der Waals surface area contributed by atoms with Gasteiger partial charge in [-0.05, 0) is 26.0 Å². The standard InChI is InChI=1S/C18H21ClN2O5S/c1-11(2)20-18(24)16-17(23)14(22)10-12(21(16)3)8-9-27(25,26)15-7-5-4-6-13(15)19/h4-7,10-11,23H,8-9H2,1-3H3,(H,20,24). The number of pyridine rings is 1. The quantitative estimate of drug-likeness (QED) is 0.753. The van der Waals surface area contributed by atoms with Gasteiger partial charge >= 0.3 is 0 Å². The van der Waals surface area contributed by atoms with Crippen molar-refractivity contribution in [3.63, 3.8) is 0 Å². The maximum absolute atomic E-state index is 12.6. The number of nitrogens with zero attached hydrogens (tertiary/aromatic N) is 1. The van der Waals surface area contributed by atoms with Crippen molar-refractivity contribution in [2.24, 2.45) is 7.05 Å². The van der Waals surface area contributed by atoms with E-state index in [4.69, 9.17) is 11.6 Å². The van der Waals surface area contributed by atoms with E-state index in [0.29, 0.717) is 5.69 Å². The maximum Gasteiger partial charge on any atom is 0.272 e. The zero-order valence-corrected chi connectivity index (χ0v) is 16.8. The minimum atomic E-state index is -3.69. The number of aromatic hydroxyl groups is 1. The summed E-state index contributed by atoms with van der Waals surface area (Å²) in [5.74, 6) is -1.59. The van der Waals surface area contributed by atoms with E-state index < -0.39 is 26.9 Å². The first-order valence-corrected chi connectivity index (χ1v) is 10.3. The number of rotatable bonds is 6. The first-order chi connectivity index (χ1) is 12.5. The first kappa shape index (κ1) is 21.0. The zero-order chi connectivity index (χ0) is 20.4. The third-order valence-electron chi connectivity index (χ3n) is 3.96. The van der Waals surface area contributed by atoms with Crippen LogP contribution in [0.5, 0.6) is 5.75 Å². The van der Waals surface area contributed by atoms with Gasteiger partial charge in [0.2, 0.25) is 5.43 Å². The first-order valence-electron chi connectivity index (χ1n) is 8.24. The van der Waals surface area contributed by atoms with E-state index in [1.54, 1.807) is 26.0 Å². The molecule has 0 aliphatic rings. The molecule has 0 bridgehead atoms. The topological polar surface area (TPSA) is 105 Å². The summed E-state index contributed by atoms with van der Waals surface area (Å²) >= 11 is 5.96. The minimum Gasteiger partial charge on any atom is -0.503 e. The van der Waals surface area contributed by atoms with E-state index in [-0.39, 0.29) is 33.8 Å². The molecule has 0 spiro atoms. The molecular formula is C18H21ClN2O5S. The van der Waals surface area contributed by atoms with Crippen LogP contribution >= 0.6 is 11.6 Å². The molecule has 0 saturated carbocycles. The third kappa shape index (κ3) is 4.70. The molecule has 2 rings (SSSR count). The van der Waals surface area contributed by atoms with Crippen molar-refractivity contribution < 1.29 is 18.3 Å². The fourth-order valence-corrected chi connectivity index (χ4v) is 4.45.